The lowest BCUT2D eigenvalue weighted by molar-refractivity contribution is 0.0853. The van der Waals surface area contributed by atoms with Gasteiger partial charge in [-0.1, -0.05) is 0 Å². The van der Waals surface area contributed by atoms with Crippen molar-refractivity contribution in [3.63, 3.8) is 0 Å². The lowest BCUT2D eigenvalue weighted by atomic mass is 10.1. The molecule has 1 fully saturated rings. The maximum atomic E-state index is 5.38. The number of hydrogen-bond acceptors (Lipinski definition) is 5. The lowest BCUT2D eigenvalue weighted by Gasteiger charge is -2.32. The largest absolute Gasteiger partial charge is 0.381 e. The number of ether oxygens (including phenoxy) is 1. The van der Waals surface area contributed by atoms with Crippen LogP contribution in [0, 0.1) is 6.92 Å². The van der Waals surface area contributed by atoms with Crippen LogP contribution < -0.4 is 10.2 Å². The van der Waals surface area contributed by atoms with Gasteiger partial charge in [0.05, 0.1) is 0 Å². The molecule has 1 aliphatic rings. The predicted molar refractivity (Wildman–Crippen MR) is 68.6 cm³/mol. The Morgan fingerprint density at radius 2 is 2.06 bits per heavy atom. The third-order valence-electron chi connectivity index (χ3n) is 3.18. The summed E-state index contributed by atoms with van der Waals surface area (Å²) >= 11 is 0. The summed E-state index contributed by atoms with van der Waals surface area (Å²) in [5, 5.41) is 3.06. The van der Waals surface area contributed by atoms with Crippen LogP contribution in [0.5, 0.6) is 0 Å². The Labute approximate surface area is 102 Å². The Hall–Kier alpha value is -1.36. The van der Waals surface area contributed by atoms with E-state index in [1.807, 2.05) is 20.0 Å². The van der Waals surface area contributed by atoms with Gasteiger partial charge in [-0.15, -0.1) is 0 Å². The van der Waals surface area contributed by atoms with Crippen LogP contribution in [0.4, 0.5) is 11.6 Å². The quantitative estimate of drug-likeness (QED) is 0.860. The first-order valence-electron chi connectivity index (χ1n) is 6.04. The molecule has 2 heterocycles. The molecule has 2 rings (SSSR count). The summed E-state index contributed by atoms with van der Waals surface area (Å²) in [6, 6.07) is 2.50. The van der Waals surface area contributed by atoms with Crippen molar-refractivity contribution >= 4 is 11.6 Å². The van der Waals surface area contributed by atoms with Gasteiger partial charge in [0.2, 0.25) is 0 Å². The first-order chi connectivity index (χ1) is 8.20. The molecular formula is C12H20N4O. The molecule has 0 saturated carbocycles. The summed E-state index contributed by atoms with van der Waals surface area (Å²) in [5.74, 6) is 2.64. The monoisotopic (exact) mass is 236 g/mol. The number of nitrogens with zero attached hydrogens (tertiary/aromatic N) is 3. The van der Waals surface area contributed by atoms with Gasteiger partial charge in [-0.2, -0.15) is 0 Å². The fraction of sp³-hybridized carbons (Fsp3) is 0.667. The second kappa shape index (κ2) is 5.31. The fourth-order valence-electron chi connectivity index (χ4n) is 2.12. The van der Waals surface area contributed by atoms with E-state index in [0.717, 1.165) is 43.5 Å². The minimum atomic E-state index is 0.516. The average Bonchev–Trinajstić information content (AvgIpc) is 2.38. The highest BCUT2D eigenvalue weighted by Crippen LogP contribution is 2.21. The van der Waals surface area contributed by atoms with E-state index >= 15 is 0 Å². The molecule has 0 radical (unpaired) electrons. The van der Waals surface area contributed by atoms with Crippen molar-refractivity contribution in [1.82, 2.24) is 9.97 Å². The molecule has 1 aliphatic heterocycles. The number of rotatable bonds is 3. The van der Waals surface area contributed by atoms with Crippen molar-refractivity contribution in [3.05, 3.63) is 11.9 Å². The number of aromatic nitrogens is 2. The van der Waals surface area contributed by atoms with Crippen molar-refractivity contribution in [3.8, 4) is 0 Å². The van der Waals surface area contributed by atoms with Gasteiger partial charge < -0.3 is 15.0 Å². The van der Waals surface area contributed by atoms with Gasteiger partial charge in [-0.05, 0) is 19.8 Å². The summed E-state index contributed by atoms with van der Waals surface area (Å²) in [7, 11) is 3.97. The van der Waals surface area contributed by atoms with Gasteiger partial charge >= 0.3 is 0 Å². The van der Waals surface area contributed by atoms with Gasteiger partial charge in [-0.3, -0.25) is 0 Å². The van der Waals surface area contributed by atoms with Crippen molar-refractivity contribution in [1.29, 1.82) is 0 Å². The molecule has 1 N–H and O–H groups in total. The standard InChI is InChI=1S/C12H20N4O/c1-9-14-11(13-2)8-12(15-9)16(3)10-4-6-17-7-5-10/h8,10H,4-7H2,1-3H3,(H,13,14,15). The molecule has 1 aromatic heterocycles. The normalized spacial score (nSPS) is 16.9. The Bertz CT molecular complexity index is 377. The summed E-state index contributed by atoms with van der Waals surface area (Å²) in [6.45, 7) is 3.61. The van der Waals surface area contributed by atoms with Crippen molar-refractivity contribution in [2.75, 3.05) is 37.5 Å². The molecule has 0 aromatic carbocycles. The highest BCUT2D eigenvalue weighted by atomic mass is 16.5. The molecule has 17 heavy (non-hydrogen) atoms. The van der Waals surface area contributed by atoms with Gasteiger partial charge in [-0.25, -0.2) is 9.97 Å². The van der Waals surface area contributed by atoms with E-state index < -0.39 is 0 Å². The zero-order valence-corrected chi connectivity index (χ0v) is 10.7. The maximum absolute atomic E-state index is 5.38. The van der Waals surface area contributed by atoms with Crippen molar-refractivity contribution in [2.24, 2.45) is 0 Å². The van der Waals surface area contributed by atoms with Gasteiger partial charge in [0.15, 0.2) is 0 Å². The molecule has 1 saturated heterocycles. The van der Waals surface area contributed by atoms with Crippen LogP contribution in [0.3, 0.4) is 0 Å². The van der Waals surface area contributed by atoms with Crippen LogP contribution in [-0.2, 0) is 4.74 Å². The van der Waals surface area contributed by atoms with E-state index in [0.29, 0.717) is 6.04 Å². The van der Waals surface area contributed by atoms with E-state index in [-0.39, 0.29) is 0 Å². The van der Waals surface area contributed by atoms with Crippen LogP contribution in [0.2, 0.25) is 0 Å². The lowest BCUT2D eigenvalue weighted by Crippen LogP contribution is -2.37. The van der Waals surface area contributed by atoms with Gasteiger partial charge in [0.1, 0.15) is 17.5 Å². The molecule has 5 nitrogen and oxygen atoms in total. The first-order valence-corrected chi connectivity index (χ1v) is 6.04. The Kier molecular flexibility index (Phi) is 3.78. The van der Waals surface area contributed by atoms with E-state index in [9.17, 15) is 0 Å². The van der Waals surface area contributed by atoms with Crippen LogP contribution >= 0.6 is 0 Å². The minimum absolute atomic E-state index is 0.516. The smallest absolute Gasteiger partial charge is 0.134 e. The van der Waals surface area contributed by atoms with Gasteiger partial charge in [0.25, 0.3) is 0 Å². The highest BCUT2D eigenvalue weighted by Gasteiger charge is 2.20. The topological polar surface area (TPSA) is 50.3 Å². The third kappa shape index (κ3) is 2.85. The van der Waals surface area contributed by atoms with E-state index in [1.165, 1.54) is 0 Å². The second-order valence-corrected chi connectivity index (χ2v) is 4.36. The third-order valence-corrected chi connectivity index (χ3v) is 3.18. The number of hydrogen-bond donors (Lipinski definition) is 1. The van der Waals surface area contributed by atoms with Crippen molar-refractivity contribution in [2.45, 2.75) is 25.8 Å². The van der Waals surface area contributed by atoms with Crippen LogP contribution in [-0.4, -0.2) is 43.3 Å². The molecule has 0 spiro atoms. The predicted octanol–water partition coefficient (Wildman–Crippen LogP) is 1.44. The SMILES string of the molecule is CNc1cc(N(C)C2CCOCC2)nc(C)n1. The first kappa shape index (κ1) is 12.1. The zero-order chi connectivity index (χ0) is 12.3. The Morgan fingerprint density at radius 1 is 1.35 bits per heavy atom. The van der Waals surface area contributed by atoms with Crippen LogP contribution in [0.25, 0.3) is 0 Å². The van der Waals surface area contributed by atoms with Crippen LogP contribution in [0.15, 0.2) is 6.07 Å². The summed E-state index contributed by atoms with van der Waals surface area (Å²) in [6.07, 6.45) is 2.13. The van der Waals surface area contributed by atoms with E-state index in [1.54, 1.807) is 0 Å². The fourth-order valence-corrected chi connectivity index (χ4v) is 2.12. The number of aryl methyl sites for hydroxylation is 1. The average molecular weight is 236 g/mol. The van der Waals surface area contributed by atoms with Crippen molar-refractivity contribution < 1.29 is 4.74 Å². The van der Waals surface area contributed by atoms with Gasteiger partial charge in [0, 0.05) is 39.4 Å². The molecule has 94 valence electrons. The zero-order valence-electron chi connectivity index (χ0n) is 10.7. The molecular weight excluding hydrogens is 216 g/mol. The molecule has 1 aromatic rings. The highest BCUT2D eigenvalue weighted by molar-refractivity contribution is 5.49. The summed E-state index contributed by atoms with van der Waals surface area (Å²) in [4.78, 5) is 11.0. The Balaban J connectivity index is 2.17. The van der Waals surface area contributed by atoms with Crippen LogP contribution in [0.1, 0.15) is 18.7 Å². The maximum Gasteiger partial charge on any atom is 0.134 e. The molecule has 0 amide bonds. The molecule has 0 unspecified atom stereocenters. The van der Waals surface area contributed by atoms with E-state index in [4.69, 9.17) is 4.74 Å². The summed E-state index contributed by atoms with van der Waals surface area (Å²) < 4.78 is 5.38. The molecule has 0 bridgehead atoms. The van der Waals surface area contributed by atoms with E-state index in [2.05, 4.69) is 27.2 Å². The minimum Gasteiger partial charge on any atom is -0.381 e. The number of nitrogens with one attached hydrogen (secondary N) is 1. The molecule has 0 atom stereocenters. The molecule has 5 heteroatoms. The second-order valence-electron chi connectivity index (χ2n) is 4.36. The Morgan fingerprint density at radius 3 is 2.71 bits per heavy atom. The summed E-state index contributed by atoms with van der Waals surface area (Å²) in [5.41, 5.74) is 0. The molecule has 0 aliphatic carbocycles. The number of anilines is 2.